The van der Waals surface area contributed by atoms with Gasteiger partial charge in [0.15, 0.2) is 0 Å². The molecule has 0 aliphatic heterocycles. The maximum Gasteiger partial charge on any atom is 0.307 e. The number of aliphatic carboxylic acids is 1. The summed E-state index contributed by atoms with van der Waals surface area (Å²) in [7, 11) is 0. The van der Waals surface area contributed by atoms with Crippen LogP contribution in [0.25, 0.3) is 0 Å². The van der Waals surface area contributed by atoms with E-state index in [1.54, 1.807) is 24.3 Å². The van der Waals surface area contributed by atoms with Crippen molar-refractivity contribution in [1.82, 2.24) is 0 Å². The van der Waals surface area contributed by atoms with Crippen LogP contribution in [0, 0.1) is 0 Å². The van der Waals surface area contributed by atoms with E-state index in [-0.39, 0.29) is 12.3 Å². The molecule has 0 radical (unpaired) electrons. The summed E-state index contributed by atoms with van der Waals surface area (Å²) < 4.78 is 0. The van der Waals surface area contributed by atoms with Crippen molar-refractivity contribution >= 4 is 29.3 Å². The summed E-state index contributed by atoms with van der Waals surface area (Å²) in [5, 5.41) is 11.5. The van der Waals surface area contributed by atoms with E-state index in [0.29, 0.717) is 22.9 Å². The molecule has 4 nitrogen and oxygen atoms in total. The molecule has 2 rings (SSSR count). The molecule has 0 aliphatic rings. The van der Waals surface area contributed by atoms with Crippen molar-refractivity contribution in [3.05, 3.63) is 59.7 Å². The molecule has 0 fully saturated rings. The molecule has 2 N–H and O–H groups in total. The minimum atomic E-state index is -0.869. The minimum Gasteiger partial charge on any atom is -0.481 e. The first kappa shape index (κ1) is 18.1. The molecular formula is C19H21NO3S. The average Bonchev–Trinajstić information content (AvgIpc) is 2.54. The highest BCUT2D eigenvalue weighted by atomic mass is 32.2. The van der Waals surface area contributed by atoms with Gasteiger partial charge in [0.1, 0.15) is 0 Å². The zero-order chi connectivity index (χ0) is 17.5. The number of nitrogens with one attached hydrogen (secondary N) is 1. The number of rotatable bonds is 7. The molecule has 0 bridgehead atoms. The van der Waals surface area contributed by atoms with Crippen molar-refractivity contribution < 1.29 is 14.7 Å². The molecule has 24 heavy (non-hydrogen) atoms. The highest BCUT2D eigenvalue weighted by Gasteiger charge is 2.06. The Morgan fingerprint density at radius 1 is 1.04 bits per heavy atom. The van der Waals surface area contributed by atoms with Crippen molar-refractivity contribution in [3.63, 3.8) is 0 Å². The smallest absolute Gasteiger partial charge is 0.307 e. The van der Waals surface area contributed by atoms with E-state index in [0.717, 1.165) is 4.90 Å². The molecular weight excluding hydrogens is 322 g/mol. The lowest BCUT2D eigenvalue weighted by Gasteiger charge is -2.08. The van der Waals surface area contributed by atoms with Crippen LogP contribution in [0.3, 0.4) is 0 Å². The summed E-state index contributed by atoms with van der Waals surface area (Å²) in [5.74, 6) is -0.125. The fourth-order valence-corrected chi connectivity index (χ4v) is 2.87. The van der Waals surface area contributed by atoms with Gasteiger partial charge < -0.3 is 10.4 Å². The molecule has 0 unspecified atom stereocenters. The number of benzene rings is 2. The molecule has 2 aromatic carbocycles. The van der Waals surface area contributed by atoms with Gasteiger partial charge in [-0.1, -0.05) is 38.1 Å². The third-order valence-corrected chi connectivity index (χ3v) is 4.52. The zero-order valence-electron chi connectivity index (χ0n) is 13.8. The lowest BCUT2D eigenvalue weighted by Crippen LogP contribution is -2.14. The number of carboxylic acid groups (broad SMARTS) is 1. The molecule has 0 spiro atoms. The molecule has 126 valence electrons. The fourth-order valence-electron chi connectivity index (χ4n) is 2.18. The Balaban J connectivity index is 1.83. The Labute approximate surface area is 146 Å². The van der Waals surface area contributed by atoms with Crippen LogP contribution in [0.4, 0.5) is 5.69 Å². The van der Waals surface area contributed by atoms with Crippen molar-refractivity contribution in [2.24, 2.45) is 0 Å². The standard InChI is InChI=1S/C19H21NO3S/c1-13(2)15-5-9-17(10-6-15)24-12-18(21)20-16-7-3-14(4-8-16)11-19(22)23/h3-10,13H,11-12H2,1-2H3,(H,20,21)(H,22,23). The lowest BCUT2D eigenvalue weighted by atomic mass is 10.0. The SMILES string of the molecule is CC(C)c1ccc(SCC(=O)Nc2ccc(CC(=O)O)cc2)cc1. The van der Waals surface area contributed by atoms with E-state index in [1.807, 2.05) is 12.1 Å². The maximum atomic E-state index is 12.0. The van der Waals surface area contributed by atoms with Crippen LogP contribution in [0.5, 0.6) is 0 Å². The van der Waals surface area contributed by atoms with E-state index >= 15 is 0 Å². The Hall–Kier alpha value is -2.27. The van der Waals surface area contributed by atoms with Crippen molar-refractivity contribution in [2.45, 2.75) is 31.1 Å². The van der Waals surface area contributed by atoms with E-state index in [4.69, 9.17) is 5.11 Å². The third-order valence-electron chi connectivity index (χ3n) is 3.51. The normalized spacial score (nSPS) is 10.6. The van der Waals surface area contributed by atoms with E-state index in [2.05, 4.69) is 31.3 Å². The molecule has 0 aliphatic carbocycles. The lowest BCUT2D eigenvalue weighted by molar-refractivity contribution is -0.136. The topological polar surface area (TPSA) is 66.4 Å². The van der Waals surface area contributed by atoms with Gasteiger partial charge in [0.05, 0.1) is 12.2 Å². The predicted molar refractivity (Wildman–Crippen MR) is 97.7 cm³/mol. The molecule has 5 heteroatoms. The van der Waals surface area contributed by atoms with Crippen LogP contribution in [0.15, 0.2) is 53.4 Å². The summed E-state index contributed by atoms with van der Waals surface area (Å²) in [6, 6.07) is 15.1. The van der Waals surface area contributed by atoms with Gasteiger partial charge >= 0.3 is 5.97 Å². The Bertz CT molecular complexity index is 694. The van der Waals surface area contributed by atoms with Gasteiger partial charge in [0, 0.05) is 10.6 Å². The van der Waals surface area contributed by atoms with Gasteiger partial charge in [0.2, 0.25) is 5.91 Å². The van der Waals surface area contributed by atoms with E-state index in [9.17, 15) is 9.59 Å². The zero-order valence-corrected chi connectivity index (χ0v) is 14.6. The number of carbonyl (C=O) groups excluding carboxylic acids is 1. The fraction of sp³-hybridized carbons (Fsp3) is 0.263. The number of thioether (sulfide) groups is 1. The van der Waals surface area contributed by atoms with Gasteiger partial charge in [-0.25, -0.2) is 0 Å². The Kier molecular flexibility index (Phi) is 6.44. The van der Waals surface area contributed by atoms with Crippen LogP contribution >= 0.6 is 11.8 Å². The first-order valence-corrected chi connectivity index (χ1v) is 8.76. The summed E-state index contributed by atoms with van der Waals surface area (Å²) >= 11 is 1.49. The second-order valence-electron chi connectivity index (χ2n) is 5.83. The van der Waals surface area contributed by atoms with Gasteiger partial charge in [-0.15, -0.1) is 11.8 Å². The van der Waals surface area contributed by atoms with Gasteiger partial charge in [-0.3, -0.25) is 9.59 Å². The van der Waals surface area contributed by atoms with Gasteiger partial charge in [-0.2, -0.15) is 0 Å². The Morgan fingerprint density at radius 2 is 1.67 bits per heavy atom. The first-order valence-electron chi connectivity index (χ1n) is 7.77. The average molecular weight is 343 g/mol. The summed E-state index contributed by atoms with van der Waals surface area (Å²) in [4.78, 5) is 23.7. The number of anilines is 1. The van der Waals surface area contributed by atoms with Crippen molar-refractivity contribution in [2.75, 3.05) is 11.1 Å². The van der Waals surface area contributed by atoms with Crippen LogP contribution in [-0.4, -0.2) is 22.7 Å². The van der Waals surface area contributed by atoms with Crippen molar-refractivity contribution in [3.8, 4) is 0 Å². The molecule has 1 amide bonds. The predicted octanol–water partition coefficient (Wildman–Crippen LogP) is 4.17. The summed E-state index contributed by atoms with van der Waals surface area (Å²) in [5.41, 5.74) is 2.66. The maximum absolute atomic E-state index is 12.0. The number of hydrogen-bond acceptors (Lipinski definition) is 3. The quantitative estimate of drug-likeness (QED) is 0.741. The van der Waals surface area contributed by atoms with Gasteiger partial charge in [0.25, 0.3) is 0 Å². The van der Waals surface area contributed by atoms with Crippen LogP contribution < -0.4 is 5.32 Å². The first-order chi connectivity index (χ1) is 11.4. The number of carbonyl (C=O) groups is 2. The molecule has 0 saturated carbocycles. The molecule has 0 heterocycles. The van der Waals surface area contributed by atoms with Gasteiger partial charge in [-0.05, 0) is 41.3 Å². The largest absolute Gasteiger partial charge is 0.481 e. The second kappa shape index (κ2) is 8.55. The number of carboxylic acids is 1. The van der Waals surface area contributed by atoms with Crippen LogP contribution in [0.2, 0.25) is 0 Å². The van der Waals surface area contributed by atoms with Crippen LogP contribution in [-0.2, 0) is 16.0 Å². The minimum absolute atomic E-state index is 0.0174. The second-order valence-corrected chi connectivity index (χ2v) is 6.88. The van der Waals surface area contributed by atoms with Crippen molar-refractivity contribution in [1.29, 1.82) is 0 Å². The number of hydrogen-bond donors (Lipinski definition) is 2. The van der Waals surface area contributed by atoms with Crippen LogP contribution in [0.1, 0.15) is 30.9 Å². The molecule has 0 aromatic heterocycles. The summed E-state index contributed by atoms with van der Waals surface area (Å²) in [6.07, 6.45) is -0.0174. The Morgan fingerprint density at radius 3 is 2.21 bits per heavy atom. The highest BCUT2D eigenvalue weighted by molar-refractivity contribution is 8.00. The van der Waals surface area contributed by atoms with E-state index < -0.39 is 5.97 Å². The molecule has 0 saturated heterocycles. The van der Waals surface area contributed by atoms with E-state index in [1.165, 1.54) is 17.3 Å². The molecule has 0 atom stereocenters. The summed E-state index contributed by atoms with van der Waals surface area (Å²) in [6.45, 7) is 4.30. The number of amides is 1. The monoisotopic (exact) mass is 343 g/mol. The molecule has 2 aromatic rings. The highest BCUT2D eigenvalue weighted by Crippen LogP contribution is 2.22. The third kappa shape index (κ3) is 5.74.